The molecule has 0 N–H and O–H groups in total. The van der Waals surface area contributed by atoms with Gasteiger partial charge in [-0.05, 0) is 32.0 Å². The Hall–Kier alpha value is -3.58. The first-order chi connectivity index (χ1) is 19.0. The zero-order valence-corrected chi connectivity index (χ0v) is 23.8. The number of rotatable bonds is 12. The van der Waals surface area contributed by atoms with Gasteiger partial charge in [0.1, 0.15) is 32.5 Å². The van der Waals surface area contributed by atoms with Crippen LogP contribution in [-0.4, -0.2) is 91.2 Å². The van der Waals surface area contributed by atoms with Crippen molar-refractivity contribution in [1.82, 2.24) is 0 Å². The highest BCUT2D eigenvalue weighted by Crippen LogP contribution is 2.20. The summed E-state index contributed by atoms with van der Waals surface area (Å²) in [6.07, 6.45) is -0.458. The average Bonchev–Trinajstić information content (AvgIpc) is 2.90. The van der Waals surface area contributed by atoms with Gasteiger partial charge in [-0.25, -0.2) is 24.0 Å². The van der Waals surface area contributed by atoms with Crippen LogP contribution in [0.5, 0.6) is 0 Å². The van der Waals surface area contributed by atoms with Gasteiger partial charge in [-0.15, -0.1) is 0 Å². The molecule has 0 bridgehead atoms. The summed E-state index contributed by atoms with van der Waals surface area (Å²) in [5, 5.41) is 0. The fourth-order valence-corrected chi connectivity index (χ4v) is 5.01. The zero-order valence-electron chi connectivity index (χ0n) is 22.2. The molecule has 0 saturated carbocycles. The first kappa shape index (κ1) is 32.6. The van der Waals surface area contributed by atoms with E-state index in [4.69, 9.17) is 23.7 Å². The van der Waals surface area contributed by atoms with Crippen LogP contribution in [0.25, 0.3) is 0 Å². The van der Waals surface area contributed by atoms with E-state index in [1.807, 2.05) is 0 Å². The minimum atomic E-state index is -0.975. The first-order valence-electron chi connectivity index (χ1n) is 12.0. The van der Waals surface area contributed by atoms with E-state index in [0.717, 1.165) is 6.07 Å². The van der Waals surface area contributed by atoms with E-state index >= 15 is 0 Å². The molecule has 2 rings (SSSR count). The van der Waals surface area contributed by atoms with Gasteiger partial charge in [0.25, 0.3) is 0 Å². The van der Waals surface area contributed by atoms with Crippen molar-refractivity contribution in [3.8, 4) is 0 Å². The van der Waals surface area contributed by atoms with Crippen molar-refractivity contribution in [2.45, 2.75) is 20.0 Å². The molecule has 0 spiro atoms. The van der Waals surface area contributed by atoms with E-state index in [2.05, 4.69) is 13.2 Å². The molecule has 1 fully saturated rings. The minimum Gasteiger partial charge on any atom is -0.459 e. The fourth-order valence-electron chi connectivity index (χ4n) is 2.94. The molecular weight excluding hydrogens is 564 g/mol. The maximum atomic E-state index is 12.9. The highest BCUT2D eigenvalue weighted by atomic mass is 32.2. The lowest BCUT2D eigenvalue weighted by atomic mass is 10.0. The molecule has 11 nitrogen and oxygen atoms in total. The molecule has 13 heteroatoms. The summed E-state index contributed by atoms with van der Waals surface area (Å²) >= 11 is 2.74. The molecule has 40 heavy (non-hydrogen) atoms. The molecule has 1 aromatic carbocycles. The lowest BCUT2D eigenvalue weighted by Crippen LogP contribution is -2.27. The Morgan fingerprint density at radius 3 is 1.73 bits per heavy atom. The second kappa shape index (κ2) is 16.5. The molecule has 1 aliphatic rings. The third kappa shape index (κ3) is 10.9. The summed E-state index contributed by atoms with van der Waals surface area (Å²) in [6.45, 7) is 8.71. The monoisotopic (exact) mass is 594 g/mol. The van der Waals surface area contributed by atoms with Crippen LogP contribution < -0.4 is 0 Å². The Labute approximate surface area is 239 Å². The molecule has 216 valence electrons. The molecule has 0 atom stereocenters. The Bertz CT molecular complexity index is 1160. The number of ether oxygens (including phenoxy) is 5. The van der Waals surface area contributed by atoms with Gasteiger partial charge in [-0.3, -0.25) is 4.79 Å². The van der Waals surface area contributed by atoms with Crippen LogP contribution in [0.3, 0.4) is 0 Å². The number of carbonyl (C=O) groups is 6. The predicted molar refractivity (Wildman–Crippen MR) is 147 cm³/mol. The van der Waals surface area contributed by atoms with Gasteiger partial charge in [0.2, 0.25) is 0 Å². The molecule has 0 amide bonds. The van der Waals surface area contributed by atoms with Crippen LogP contribution in [0.2, 0.25) is 0 Å². The molecule has 1 aromatic rings. The van der Waals surface area contributed by atoms with Crippen molar-refractivity contribution >= 4 is 59.2 Å². The van der Waals surface area contributed by atoms with Gasteiger partial charge in [0.05, 0.1) is 28.2 Å². The highest BCUT2D eigenvalue weighted by Gasteiger charge is 2.25. The van der Waals surface area contributed by atoms with Gasteiger partial charge in [0, 0.05) is 22.7 Å². The van der Waals surface area contributed by atoms with Crippen LogP contribution in [-0.2, 0) is 38.1 Å². The number of esters is 5. The molecule has 1 saturated heterocycles. The number of carbonyl (C=O) groups excluding carboxylic acids is 6. The summed E-state index contributed by atoms with van der Waals surface area (Å²) in [5.41, 5.74) is -0.151. The maximum absolute atomic E-state index is 12.9. The number of thioether (sulfide) groups is 2. The van der Waals surface area contributed by atoms with E-state index in [9.17, 15) is 28.8 Å². The molecule has 0 aromatic heterocycles. The Balaban J connectivity index is 2.14. The average molecular weight is 595 g/mol. The van der Waals surface area contributed by atoms with Crippen LogP contribution in [0.1, 0.15) is 44.9 Å². The molecule has 0 unspecified atom stereocenters. The van der Waals surface area contributed by atoms with Crippen molar-refractivity contribution in [3.05, 3.63) is 59.2 Å². The SMILES string of the molecule is C=C(C)C(=O)OCCOC(=O)c1ccc(C(=O)OC2CSCC(=O)CSC2)cc1C(=O)OCCOC(=O)C(=C)C. The standard InChI is InChI=1S/C27H30O11S2/c1-16(2)23(29)34-7-9-36-26(32)21-6-5-18(25(31)38-20-14-39-12-19(28)13-40-15-20)11-22(21)27(33)37-10-8-35-24(30)17(3)4/h5-6,11,20H,1,3,7-10,12-15H2,2,4H3. The van der Waals surface area contributed by atoms with Gasteiger partial charge >= 0.3 is 29.8 Å². The van der Waals surface area contributed by atoms with E-state index in [0.29, 0.717) is 23.0 Å². The van der Waals surface area contributed by atoms with E-state index in [-0.39, 0.29) is 60.0 Å². The van der Waals surface area contributed by atoms with Crippen molar-refractivity contribution < 1.29 is 52.5 Å². The van der Waals surface area contributed by atoms with E-state index in [1.54, 1.807) is 0 Å². The predicted octanol–water partition coefficient (Wildman–Crippen LogP) is 2.81. The third-order valence-corrected chi connectivity index (χ3v) is 7.17. The van der Waals surface area contributed by atoms with Crippen LogP contribution in [0.15, 0.2) is 42.5 Å². The van der Waals surface area contributed by atoms with Crippen molar-refractivity contribution in [2.24, 2.45) is 0 Å². The highest BCUT2D eigenvalue weighted by molar-refractivity contribution is 8.02. The Kier molecular flexibility index (Phi) is 13.5. The minimum absolute atomic E-state index is 0.0132. The first-order valence-corrected chi connectivity index (χ1v) is 14.3. The second-order valence-corrected chi connectivity index (χ2v) is 10.5. The topological polar surface area (TPSA) is 149 Å². The summed E-state index contributed by atoms with van der Waals surface area (Å²) in [5.74, 6) is -2.28. The maximum Gasteiger partial charge on any atom is 0.339 e. The normalized spacial score (nSPS) is 13.7. The van der Waals surface area contributed by atoms with Gasteiger partial charge in [-0.2, -0.15) is 23.5 Å². The smallest absolute Gasteiger partial charge is 0.339 e. The number of hydrogen-bond acceptors (Lipinski definition) is 13. The molecule has 1 heterocycles. The lowest BCUT2D eigenvalue weighted by molar-refractivity contribution is -0.140. The number of benzene rings is 1. The molecule has 0 radical (unpaired) electrons. The lowest BCUT2D eigenvalue weighted by Gasteiger charge is -2.19. The largest absolute Gasteiger partial charge is 0.459 e. The number of hydrogen-bond donors (Lipinski definition) is 0. The van der Waals surface area contributed by atoms with E-state index in [1.165, 1.54) is 49.5 Å². The second-order valence-electron chi connectivity index (χ2n) is 8.46. The summed E-state index contributed by atoms with van der Waals surface area (Å²) < 4.78 is 25.6. The van der Waals surface area contributed by atoms with Gasteiger partial charge in [0.15, 0.2) is 5.78 Å². The van der Waals surface area contributed by atoms with Crippen molar-refractivity contribution in [2.75, 3.05) is 49.4 Å². The Morgan fingerprint density at radius 2 is 1.23 bits per heavy atom. The van der Waals surface area contributed by atoms with E-state index < -0.39 is 36.0 Å². The van der Waals surface area contributed by atoms with Crippen molar-refractivity contribution in [3.63, 3.8) is 0 Å². The zero-order chi connectivity index (χ0) is 29.7. The van der Waals surface area contributed by atoms with Gasteiger partial charge in [-0.1, -0.05) is 13.2 Å². The van der Waals surface area contributed by atoms with Crippen LogP contribution in [0.4, 0.5) is 0 Å². The summed E-state index contributed by atoms with van der Waals surface area (Å²) in [4.78, 5) is 73.0. The van der Waals surface area contributed by atoms with Gasteiger partial charge < -0.3 is 23.7 Å². The summed E-state index contributed by atoms with van der Waals surface area (Å²) in [7, 11) is 0. The molecule has 0 aliphatic carbocycles. The number of Topliss-reactive ketones (excluding diaryl/α,β-unsaturated/α-hetero) is 1. The van der Waals surface area contributed by atoms with Crippen LogP contribution in [0, 0.1) is 0 Å². The quantitative estimate of drug-likeness (QED) is 0.151. The Morgan fingerprint density at radius 1 is 0.750 bits per heavy atom. The molecular formula is C27H30O11S2. The fraction of sp³-hybridized carbons (Fsp3) is 0.407. The van der Waals surface area contributed by atoms with Crippen LogP contribution >= 0.6 is 23.5 Å². The summed E-state index contributed by atoms with van der Waals surface area (Å²) in [6, 6.07) is 3.67. The van der Waals surface area contributed by atoms with Crippen molar-refractivity contribution in [1.29, 1.82) is 0 Å². The number of ketones is 1. The molecule has 1 aliphatic heterocycles. The third-order valence-electron chi connectivity index (χ3n) is 4.90.